The van der Waals surface area contributed by atoms with Gasteiger partial charge in [-0.3, -0.25) is 14.4 Å². The molecule has 0 N–H and O–H groups in total. The Morgan fingerprint density at radius 2 is 1.91 bits per heavy atom. The van der Waals surface area contributed by atoms with Gasteiger partial charge >= 0.3 is 5.97 Å². The first kappa shape index (κ1) is 21.4. The zero-order chi connectivity index (χ0) is 22.7. The molecule has 0 aliphatic rings. The van der Waals surface area contributed by atoms with Crippen molar-refractivity contribution in [1.29, 1.82) is 0 Å². The van der Waals surface area contributed by atoms with Crippen molar-refractivity contribution in [2.45, 2.75) is 20.3 Å². The van der Waals surface area contributed by atoms with E-state index >= 15 is 0 Å². The maximum atomic E-state index is 12.9. The lowest BCUT2D eigenvalue weighted by Crippen LogP contribution is -2.28. The molecule has 0 radical (unpaired) electrons. The van der Waals surface area contributed by atoms with Gasteiger partial charge in [-0.2, -0.15) is 14.6 Å². The summed E-state index contributed by atoms with van der Waals surface area (Å²) >= 11 is 1.08. The van der Waals surface area contributed by atoms with Gasteiger partial charge in [-0.05, 0) is 36.3 Å². The number of benzene rings is 2. The second-order valence-electron chi connectivity index (χ2n) is 6.87. The van der Waals surface area contributed by atoms with Crippen LogP contribution in [0.5, 0.6) is 11.5 Å². The molecule has 2 aromatic heterocycles. The van der Waals surface area contributed by atoms with E-state index in [2.05, 4.69) is 10.1 Å². The van der Waals surface area contributed by atoms with Crippen molar-refractivity contribution in [3.8, 4) is 11.5 Å². The number of carbonyl (C=O) groups is 1. The van der Waals surface area contributed by atoms with Gasteiger partial charge in [0.1, 0.15) is 5.69 Å². The van der Waals surface area contributed by atoms with E-state index in [1.54, 1.807) is 24.3 Å². The van der Waals surface area contributed by atoms with E-state index in [-0.39, 0.29) is 16.2 Å². The second-order valence-corrected chi connectivity index (χ2v) is 7.88. The first-order chi connectivity index (χ1) is 15.4. The summed E-state index contributed by atoms with van der Waals surface area (Å²) in [6, 6.07) is 14.4. The minimum Gasteiger partial charge on any atom is -0.490 e. The van der Waals surface area contributed by atoms with Gasteiger partial charge < -0.3 is 9.47 Å². The molecule has 2 heterocycles. The van der Waals surface area contributed by atoms with Gasteiger partial charge in [-0.1, -0.05) is 47.7 Å². The highest BCUT2D eigenvalue weighted by atomic mass is 32.1. The van der Waals surface area contributed by atoms with Gasteiger partial charge in [-0.15, -0.1) is 0 Å². The third-order valence-corrected chi connectivity index (χ3v) is 5.44. The minimum absolute atomic E-state index is 0.208. The molecule has 0 saturated heterocycles. The van der Waals surface area contributed by atoms with Crippen molar-refractivity contribution in [3.63, 3.8) is 0 Å². The minimum atomic E-state index is -0.456. The van der Waals surface area contributed by atoms with Crippen LogP contribution in [0.1, 0.15) is 30.7 Å². The summed E-state index contributed by atoms with van der Waals surface area (Å²) < 4.78 is 12.2. The van der Waals surface area contributed by atoms with Crippen molar-refractivity contribution in [2.24, 2.45) is 0 Å². The number of hydrogen-bond donors (Lipinski definition) is 0. The van der Waals surface area contributed by atoms with E-state index in [0.717, 1.165) is 21.4 Å². The van der Waals surface area contributed by atoms with Crippen molar-refractivity contribution >= 4 is 28.3 Å². The molecule has 9 heteroatoms. The van der Waals surface area contributed by atoms with Crippen LogP contribution in [0.15, 0.2) is 58.1 Å². The summed E-state index contributed by atoms with van der Waals surface area (Å²) in [5.74, 6) is 0.234. The molecule has 0 amide bonds. The Bertz CT molecular complexity index is 1460. The van der Waals surface area contributed by atoms with Crippen LogP contribution < -0.4 is 25.1 Å². The van der Waals surface area contributed by atoms with Gasteiger partial charge in [0, 0.05) is 13.3 Å². The Labute approximate surface area is 186 Å². The van der Waals surface area contributed by atoms with E-state index in [0.29, 0.717) is 34.6 Å². The molecule has 162 valence electrons. The maximum Gasteiger partial charge on any atom is 0.308 e. The number of rotatable bonds is 6. The fourth-order valence-electron chi connectivity index (χ4n) is 3.11. The number of esters is 1. The molecule has 0 bridgehead atoms. The smallest absolute Gasteiger partial charge is 0.308 e. The van der Waals surface area contributed by atoms with Gasteiger partial charge in [-0.25, -0.2) is 0 Å². The van der Waals surface area contributed by atoms with E-state index in [1.807, 2.05) is 37.3 Å². The molecule has 0 spiro atoms. The van der Waals surface area contributed by atoms with E-state index in [9.17, 15) is 14.4 Å². The number of aromatic nitrogens is 3. The highest BCUT2D eigenvalue weighted by Gasteiger charge is 2.13. The number of carbonyl (C=O) groups excluding carboxylic acids is 1. The molecule has 8 nitrogen and oxygen atoms in total. The fraction of sp³-hybridized carbons (Fsp3) is 0.174. The van der Waals surface area contributed by atoms with Crippen LogP contribution in [-0.2, 0) is 11.2 Å². The lowest BCUT2D eigenvalue weighted by molar-refractivity contribution is -0.132. The Hall–Kier alpha value is -3.85. The van der Waals surface area contributed by atoms with E-state index in [4.69, 9.17) is 9.47 Å². The lowest BCUT2D eigenvalue weighted by atomic mass is 10.1. The van der Waals surface area contributed by atoms with Crippen molar-refractivity contribution in [2.75, 3.05) is 6.61 Å². The Kier molecular flexibility index (Phi) is 6.09. The quantitative estimate of drug-likeness (QED) is 0.328. The number of fused-ring (bicyclic) bond motifs is 1. The summed E-state index contributed by atoms with van der Waals surface area (Å²) in [6.07, 6.45) is 1.95. The molecule has 0 aliphatic carbocycles. The number of hydrogen-bond acceptors (Lipinski definition) is 8. The number of ether oxygens (including phenoxy) is 2. The standard InChI is InChI=1S/C23H19N3O5S/c1-3-30-19-12-16(9-10-18(19)31-14(2)27)13-20-22(29)26-23(32-20)24-21(28)17(25-26)11-15-7-5-4-6-8-15/h4-10,12-13H,3,11H2,1-2H3/b20-13+. The molecule has 0 atom stereocenters. The fourth-order valence-corrected chi connectivity index (χ4v) is 4.02. The van der Waals surface area contributed by atoms with E-state index < -0.39 is 11.5 Å². The van der Waals surface area contributed by atoms with Gasteiger partial charge in [0.25, 0.3) is 11.1 Å². The van der Waals surface area contributed by atoms with Crippen molar-refractivity contribution in [1.82, 2.24) is 14.6 Å². The predicted molar refractivity (Wildman–Crippen MR) is 120 cm³/mol. The monoisotopic (exact) mass is 449 g/mol. The Morgan fingerprint density at radius 1 is 1.12 bits per heavy atom. The molecule has 0 aliphatic heterocycles. The molecule has 4 aromatic rings. The summed E-state index contributed by atoms with van der Waals surface area (Å²) in [4.78, 5) is 40.9. The van der Waals surface area contributed by atoms with Crippen LogP contribution in [0.4, 0.5) is 0 Å². The van der Waals surface area contributed by atoms with Crippen LogP contribution in [0.3, 0.4) is 0 Å². The zero-order valence-corrected chi connectivity index (χ0v) is 18.2. The topological polar surface area (TPSA) is 99.9 Å². The van der Waals surface area contributed by atoms with Crippen LogP contribution >= 0.6 is 11.3 Å². The van der Waals surface area contributed by atoms with Crippen LogP contribution in [0, 0.1) is 0 Å². The molecular formula is C23H19N3O5S. The maximum absolute atomic E-state index is 12.9. The van der Waals surface area contributed by atoms with Gasteiger partial charge in [0.15, 0.2) is 11.5 Å². The average Bonchev–Trinajstić information content (AvgIpc) is 3.05. The summed E-state index contributed by atoms with van der Waals surface area (Å²) in [5, 5.41) is 4.26. The predicted octanol–water partition coefficient (Wildman–Crippen LogP) is 1.97. The first-order valence-electron chi connectivity index (χ1n) is 9.88. The Balaban J connectivity index is 1.75. The molecule has 32 heavy (non-hydrogen) atoms. The number of thiazole rings is 1. The van der Waals surface area contributed by atoms with Crippen LogP contribution in [0.25, 0.3) is 11.0 Å². The van der Waals surface area contributed by atoms with Crippen molar-refractivity contribution < 1.29 is 14.3 Å². The SMILES string of the molecule is CCOc1cc(/C=c2/sc3nc(=O)c(Cc4ccccc4)nn3c2=O)ccc1OC(C)=O. The first-order valence-corrected chi connectivity index (χ1v) is 10.7. The highest BCUT2D eigenvalue weighted by Crippen LogP contribution is 2.29. The summed E-state index contributed by atoms with van der Waals surface area (Å²) in [6.45, 7) is 3.51. The van der Waals surface area contributed by atoms with Gasteiger partial charge in [0.05, 0.1) is 11.1 Å². The second kappa shape index (κ2) is 9.11. The molecule has 0 unspecified atom stereocenters. The largest absolute Gasteiger partial charge is 0.490 e. The lowest BCUT2D eigenvalue weighted by Gasteiger charge is -2.10. The van der Waals surface area contributed by atoms with Crippen LogP contribution in [0.2, 0.25) is 0 Å². The molecule has 4 rings (SSSR count). The van der Waals surface area contributed by atoms with E-state index in [1.165, 1.54) is 6.92 Å². The average molecular weight is 449 g/mol. The summed E-state index contributed by atoms with van der Waals surface area (Å²) in [7, 11) is 0. The third-order valence-electron chi connectivity index (χ3n) is 4.48. The normalized spacial score (nSPS) is 11.6. The molecule has 0 saturated carbocycles. The number of nitrogens with zero attached hydrogens (tertiary/aromatic N) is 3. The zero-order valence-electron chi connectivity index (χ0n) is 17.4. The van der Waals surface area contributed by atoms with Crippen LogP contribution in [-0.4, -0.2) is 27.2 Å². The summed E-state index contributed by atoms with van der Waals surface area (Å²) in [5.41, 5.74) is 0.962. The van der Waals surface area contributed by atoms with Gasteiger partial charge in [0.2, 0.25) is 4.96 Å². The molecular weight excluding hydrogens is 430 g/mol. The Morgan fingerprint density at radius 3 is 2.62 bits per heavy atom. The highest BCUT2D eigenvalue weighted by molar-refractivity contribution is 7.15. The molecule has 2 aromatic carbocycles. The third kappa shape index (κ3) is 4.57. The van der Waals surface area contributed by atoms with Crippen molar-refractivity contribution in [3.05, 3.63) is 90.6 Å². The molecule has 0 fully saturated rings.